The first-order valence-electron chi connectivity index (χ1n) is 7.83. The third-order valence-corrected chi connectivity index (χ3v) is 5.79. The standard InChI is InChI=1S/C16H26N2O2S/c1-3-17-12-15-8-7-13(2)16(11-15)21(19,20)18-10-9-14-5-4-6-14/h7-8,11,14,17-18H,3-6,9-10,12H2,1-2H3. The monoisotopic (exact) mass is 310 g/mol. The van der Waals surface area contributed by atoms with Gasteiger partial charge < -0.3 is 5.32 Å². The van der Waals surface area contributed by atoms with E-state index >= 15 is 0 Å². The molecule has 0 atom stereocenters. The Kier molecular flexibility index (Phi) is 5.79. The normalized spacial score (nSPS) is 15.9. The second-order valence-corrected chi connectivity index (χ2v) is 7.60. The van der Waals surface area contributed by atoms with Gasteiger partial charge in [0.2, 0.25) is 10.0 Å². The fraction of sp³-hybridized carbons (Fsp3) is 0.625. The van der Waals surface area contributed by atoms with Gasteiger partial charge in [0.15, 0.2) is 0 Å². The van der Waals surface area contributed by atoms with Gasteiger partial charge in [-0.2, -0.15) is 0 Å². The number of rotatable bonds is 8. The van der Waals surface area contributed by atoms with E-state index in [9.17, 15) is 8.42 Å². The van der Waals surface area contributed by atoms with Crippen molar-refractivity contribution in [2.45, 2.75) is 51.0 Å². The molecule has 1 saturated carbocycles. The van der Waals surface area contributed by atoms with E-state index in [0.29, 0.717) is 23.9 Å². The zero-order valence-electron chi connectivity index (χ0n) is 13.0. The molecule has 2 rings (SSSR count). The lowest BCUT2D eigenvalue weighted by molar-refractivity contribution is 0.297. The van der Waals surface area contributed by atoms with Crippen LogP contribution in [0.25, 0.3) is 0 Å². The van der Waals surface area contributed by atoms with E-state index in [4.69, 9.17) is 0 Å². The Hall–Kier alpha value is -0.910. The van der Waals surface area contributed by atoms with Crippen molar-refractivity contribution in [1.82, 2.24) is 10.0 Å². The minimum Gasteiger partial charge on any atom is -0.313 e. The highest BCUT2D eigenvalue weighted by Crippen LogP contribution is 2.29. The van der Waals surface area contributed by atoms with Crippen LogP contribution in [0.5, 0.6) is 0 Å². The number of hydrogen-bond donors (Lipinski definition) is 2. The quantitative estimate of drug-likeness (QED) is 0.776. The maximum atomic E-state index is 12.4. The smallest absolute Gasteiger partial charge is 0.240 e. The SMILES string of the molecule is CCNCc1ccc(C)c(S(=O)(=O)NCCC2CCC2)c1. The predicted octanol–water partition coefficient (Wildman–Crippen LogP) is 2.57. The van der Waals surface area contributed by atoms with E-state index in [1.807, 2.05) is 26.0 Å². The van der Waals surface area contributed by atoms with E-state index in [0.717, 1.165) is 24.1 Å². The fourth-order valence-electron chi connectivity index (χ4n) is 2.57. The summed E-state index contributed by atoms with van der Waals surface area (Å²) < 4.78 is 27.6. The van der Waals surface area contributed by atoms with Gasteiger partial charge in [-0.25, -0.2) is 13.1 Å². The highest BCUT2D eigenvalue weighted by atomic mass is 32.2. The lowest BCUT2D eigenvalue weighted by Gasteiger charge is -2.25. The van der Waals surface area contributed by atoms with Crippen molar-refractivity contribution >= 4 is 10.0 Å². The number of sulfonamides is 1. The first-order valence-corrected chi connectivity index (χ1v) is 9.31. The van der Waals surface area contributed by atoms with Gasteiger partial charge in [0, 0.05) is 13.1 Å². The van der Waals surface area contributed by atoms with Crippen LogP contribution in [0.2, 0.25) is 0 Å². The van der Waals surface area contributed by atoms with E-state index in [-0.39, 0.29) is 0 Å². The van der Waals surface area contributed by atoms with E-state index in [2.05, 4.69) is 10.0 Å². The summed E-state index contributed by atoms with van der Waals surface area (Å²) in [6.07, 6.45) is 4.75. The molecule has 5 heteroatoms. The Morgan fingerprint density at radius 3 is 2.67 bits per heavy atom. The highest BCUT2D eigenvalue weighted by molar-refractivity contribution is 7.89. The second kappa shape index (κ2) is 7.38. The predicted molar refractivity (Wildman–Crippen MR) is 85.7 cm³/mol. The largest absolute Gasteiger partial charge is 0.313 e. The molecule has 0 spiro atoms. The van der Waals surface area contributed by atoms with Crippen molar-refractivity contribution in [3.05, 3.63) is 29.3 Å². The van der Waals surface area contributed by atoms with Crippen molar-refractivity contribution < 1.29 is 8.42 Å². The van der Waals surface area contributed by atoms with Gasteiger partial charge in [-0.3, -0.25) is 0 Å². The molecular weight excluding hydrogens is 284 g/mol. The Morgan fingerprint density at radius 2 is 2.05 bits per heavy atom. The molecule has 1 aliphatic carbocycles. The van der Waals surface area contributed by atoms with Gasteiger partial charge in [-0.05, 0) is 43.0 Å². The summed E-state index contributed by atoms with van der Waals surface area (Å²) >= 11 is 0. The third kappa shape index (κ3) is 4.53. The molecule has 0 bridgehead atoms. The van der Waals surface area contributed by atoms with Crippen molar-refractivity contribution in [2.24, 2.45) is 5.92 Å². The van der Waals surface area contributed by atoms with Crippen LogP contribution in [0.15, 0.2) is 23.1 Å². The molecule has 1 aliphatic rings. The van der Waals surface area contributed by atoms with E-state index in [1.54, 1.807) is 6.07 Å². The fourth-order valence-corrected chi connectivity index (χ4v) is 3.91. The average Bonchev–Trinajstić information content (AvgIpc) is 2.40. The van der Waals surface area contributed by atoms with Gasteiger partial charge in [-0.15, -0.1) is 0 Å². The Labute approximate surface area is 128 Å². The molecular formula is C16H26N2O2S. The highest BCUT2D eigenvalue weighted by Gasteiger charge is 2.20. The minimum atomic E-state index is -3.40. The maximum absolute atomic E-state index is 12.4. The van der Waals surface area contributed by atoms with Gasteiger partial charge in [0.1, 0.15) is 0 Å². The molecule has 0 saturated heterocycles. The lowest BCUT2D eigenvalue weighted by atomic mass is 9.83. The van der Waals surface area contributed by atoms with Gasteiger partial charge in [0.25, 0.3) is 0 Å². The molecule has 4 nitrogen and oxygen atoms in total. The zero-order chi connectivity index (χ0) is 15.3. The minimum absolute atomic E-state index is 0.409. The van der Waals surface area contributed by atoms with Crippen molar-refractivity contribution in [3.63, 3.8) is 0 Å². The van der Waals surface area contributed by atoms with Gasteiger partial charge in [0.05, 0.1) is 4.90 Å². The zero-order valence-corrected chi connectivity index (χ0v) is 13.8. The lowest BCUT2D eigenvalue weighted by Crippen LogP contribution is -2.28. The van der Waals surface area contributed by atoms with Crippen LogP contribution in [-0.2, 0) is 16.6 Å². The van der Waals surface area contributed by atoms with Crippen molar-refractivity contribution in [2.75, 3.05) is 13.1 Å². The summed E-state index contributed by atoms with van der Waals surface area (Å²) in [5.41, 5.74) is 1.80. The summed E-state index contributed by atoms with van der Waals surface area (Å²) in [7, 11) is -3.40. The molecule has 0 unspecified atom stereocenters. The van der Waals surface area contributed by atoms with E-state index < -0.39 is 10.0 Å². The Bertz CT molecular complexity index is 566. The topological polar surface area (TPSA) is 58.2 Å². The summed E-state index contributed by atoms with van der Waals surface area (Å²) in [5.74, 6) is 0.717. The van der Waals surface area contributed by atoms with Crippen molar-refractivity contribution in [3.8, 4) is 0 Å². The van der Waals surface area contributed by atoms with Crippen LogP contribution in [-0.4, -0.2) is 21.5 Å². The molecule has 1 aromatic carbocycles. The van der Waals surface area contributed by atoms with Crippen LogP contribution in [0, 0.1) is 12.8 Å². The Morgan fingerprint density at radius 1 is 1.29 bits per heavy atom. The van der Waals surface area contributed by atoms with Crippen LogP contribution >= 0.6 is 0 Å². The van der Waals surface area contributed by atoms with Gasteiger partial charge in [-0.1, -0.05) is 38.3 Å². The van der Waals surface area contributed by atoms with Crippen LogP contribution < -0.4 is 10.0 Å². The molecule has 0 aliphatic heterocycles. The van der Waals surface area contributed by atoms with Crippen LogP contribution in [0.1, 0.15) is 43.7 Å². The van der Waals surface area contributed by atoms with E-state index in [1.165, 1.54) is 19.3 Å². The number of benzene rings is 1. The molecule has 1 fully saturated rings. The first kappa shape index (κ1) is 16.5. The van der Waals surface area contributed by atoms with Gasteiger partial charge >= 0.3 is 0 Å². The molecule has 2 N–H and O–H groups in total. The number of hydrogen-bond acceptors (Lipinski definition) is 3. The molecule has 0 heterocycles. The third-order valence-electron chi connectivity index (χ3n) is 4.19. The summed E-state index contributed by atoms with van der Waals surface area (Å²) in [4.78, 5) is 0.409. The second-order valence-electron chi connectivity index (χ2n) is 5.86. The van der Waals surface area contributed by atoms with Crippen molar-refractivity contribution in [1.29, 1.82) is 0 Å². The molecule has 0 aromatic heterocycles. The molecule has 1 aromatic rings. The molecule has 118 valence electrons. The first-order chi connectivity index (χ1) is 10.0. The molecule has 0 radical (unpaired) electrons. The summed E-state index contributed by atoms with van der Waals surface area (Å²) in [6, 6.07) is 5.64. The molecule has 0 amide bonds. The number of aryl methyl sites for hydroxylation is 1. The maximum Gasteiger partial charge on any atom is 0.240 e. The summed E-state index contributed by atoms with van der Waals surface area (Å²) in [5, 5.41) is 3.22. The van der Waals surface area contributed by atoms with Crippen LogP contribution in [0.4, 0.5) is 0 Å². The average molecular weight is 310 g/mol. The number of nitrogens with one attached hydrogen (secondary N) is 2. The molecule has 21 heavy (non-hydrogen) atoms. The van der Waals surface area contributed by atoms with Crippen LogP contribution in [0.3, 0.4) is 0 Å². The Balaban J connectivity index is 2.02. The summed E-state index contributed by atoms with van der Waals surface area (Å²) in [6.45, 7) is 5.99.